The standard InChI is InChI=1S/2C10H17O2Si.C2H6Si.2ClH.Zr/c2*1-5-11-9-6-7-10(8-9)12-13(2,3)4;1-3-2;;;/h2*6-8H,5H2,1-4H3;1-2H3;2*1H;/q2*-1;;;;+2/p-2. The maximum absolute atomic E-state index is 5.79. The summed E-state index contributed by atoms with van der Waals surface area (Å²) in [6.45, 7) is 23.0. The van der Waals surface area contributed by atoms with E-state index >= 15 is 0 Å². The van der Waals surface area contributed by atoms with Gasteiger partial charge in [0.2, 0.25) is 16.6 Å². The van der Waals surface area contributed by atoms with Crippen LogP contribution in [-0.2, 0) is 23.3 Å². The van der Waals surface area contributed by atoms with Crippen LogP contribution in [0.4, 0.5) is 0 Å². The van der Waals surface area contributed by atoms with Crippen LogP contribution in [-0.4, -0.2) is 35.3 Å². The van der Waals surface area contributed by atoms with Crippen molar-refractivity contribution in [2.75, 3.05) is 13.2 Å². The van der Waals surface area contributed by atoms with Gasteiger partial charge in [0.15, 0.2) is 0 Å². The van der Waals surface area contributed by atoms with E-state index in [-0.39, 0.29) is 30.2 Å². The number of ether oxygens (including phenoxy) is 2. The van der Waals surface area contributed by atoms with E-state index < -0.39 is 16.6 Å². The van der Waals surface area contributed by atoms with Crippen molar-refractivity contribution in [3.63, 3.8) is 0 Å². The minimum Gasteiger partial charge on any atom is -1.00 e. The van der Waals surface area contributed by atoms with Crippen molar-refractivity contribution in [1.82, 2.24) is 0 Å². The molecule has 0 bridgehead atoms. The van der Waals surface area contributed by atoms with Gasteiger partial charge in [-0.1, -0.05) is 11.5 Å². The summed E-state index contributed by atoms with van der Waals surface area (Å²) in [7, 11) is -2.93. The summed E-state index contributed by atoms with van der Waals surface area (Å²) in [6.07, 6.45) is 0. The summed E-state index contributed by atoms with van der Waals surface area (Å²) >= 11 is 1.74. The molecule has 0 saturated heterocycles. The van der Waals surface area contributed by atoms with Crippen molar-refractivity contribution < 1.29 is 66.5 Å². The summed E-state index contributed by atoms with van der Waals surface area (Å²) in [5.41, 5.74) is 0.210. The molecule has 0 fully saturated rings. The Kier molecular flexibility index (Phi) is 21.0. The maximum Gasteiger partial charge on any atom is -1.00 e. The molecule has 0 amide bonds. The van der Waals surface area contributed by atoms with E-state index in [9.17, 15) is 0 Å². The molecule has 184 valence electrons. The average molecular weight is 615 g/mol. The molecule has 0 N–H and O–H groups in total. The Hall–Kier alpha value is 0.0138. The Balaban J connectivity index is -0.000000428. The van der Waals surface area contributed by atoms with Gasteiger partial charge in [0.05, 0.1) is 13.2 Å². The second kappa shape index (κ2) is 18.4. The molecule has 0 saturated carbocycles. The molecule has 0 aliphatic carbocycles. The van der Waals surface area contributed by atoms with Crippen LogP contribution in [0.15, 0.2) is 36.4 Å². The zero-order chi connectivity index (χ0) is 23.4. The van der Waals surface area contributed by atoms with E-state index in [1.807, 2.05) is 50.2 Å². The van der Waals surface area contributed by atoms with Crippen LogP contribution in [0.2, 0.25) is 52.4 Å². The van der Waals surface area contributed by atoms with Gasteiger partial charge < -0.3 is 43.1 Å². The number of rotatable bonds is 8. The van der Waals surface area contributed by atoms with E-state index in [0.717, 1.165) is 23.0 Å². The van der Waals surface area contributed by atoms with Crippen molar-refractivity contribution >= 4 is 22.1 Å². The molecule has 0 aliphatic heterocycles. The topological polar surface area (TPSA) is 36.9 Å². The third-order valence-corrected chi connectivity index (χ3v) is 4.56. The van der Waals surface area contributed by atoms with E-state index in [2.05, 4.69) is 52.4 Å². The Morgan fingerprint density at radius 2 is 1.03 bits per heavy atom. The number of hydrogen-bond acceptors (Lipinski definition) is 4. The Morgan fingerprint density at radius 3 is 1.25 bits per heavy atom. The van der Waals surface area contributed by atoms with Crippen LogP contribution in [0.5, 0.6) is 23.0 Å². The minimum atomic E-state index is -1.46. The predicted octanol–water partition coefficient (Wildman–Crippen LogP) is 0.828. The monoisotopic (exact) mass is 612 g/mol. The molecule has 0 unspecified atom stereocenters. The predicted molar refractivity (Wildman–Crippen MR) is 132 cm³/mol. The molecular formula is C22H40Cl2O4Si3Zr-2. The van der Waals surface area contributed by atoms with Crippen molar-refractivity contribution in [3.8, 4) is 23.0 Å². The molecule has 4 nitrogen and oxygen atoms in total. The molecular weight excluding hydrogens is 575 g/mol. The minimum absolute atomic E-state index is 0. The molecule has 0 radical (unpaired) electrons. The van der Waals surface area contributed by atoms with Gasteiger partial charge in [0, 0.05) is 11.5 Å². The quantitative estimate of drug-likeness (QED) is 0.326. The first kappa shape index (κ1) is 36.6. The van der Waals surface area contributed by atoms with Gasteiger partial charge in [-0.05, 0) is 53.1 Å². The van der Waals surface area contributed by atoms with Crippen molar-refractivity contribution in [3.05, 3.63) is 36.4 Å². The first-order chi connectivity index (χ1) is 13.8. The second-order valence-electron chi connectivity index (χ2n) is 8.86. The Bertz CT molecular complexity index is 678. The maximum atomic E-state index is 5.79. The molecule has 2 aromatic carbocycles. The van der Waals surface area contributed by atoms with Crippen molar-refractivity contribution in [1.29, 1.82) is 0 Å². The first-order valence-corrected chi connectivity index (χ1v) is 23.4. The Labute approximate surface area is 225 Å². The van der Waals surface area contributed by atoms with Gasteiger partial charge >= 0.3 is 41.9 Å². The normalized spacial score (nSPS) is 10.1. The summed E-state index contributed by atoms with van der Waals surface area (Å²) in [5, 5.41) is 0. The molecule has 0 aliphatic rings. The third kappa shape index (κ3) is 21.8. The van der Waals surface area contributed by atoms with Gasteiger partial charge in [-0.3, -0.25) is 0 Å². The van der Waals surface area contributed by atoms with E-state index in [4.69, 9.17) is 18.3 Å². The molecule has 2 rings (SSSR count). The zero-order valence-electron chi connectivity index (χ0n) is 21.3. The summed E-state index contributed by atoms with van der Waals surface area (Å²) in [4.78, 5) is 0. The van der Waals surface area contributed by atoms with E-state index in [1.165, 1.54) is 0 Å². The fraction of sp³-hybridized carbons (Fsp3) is 0.545. The molecule has 0 aromatic heterocycles. The number of halogens is 2. The van der Waals surface area contributed by atoms with Crippen molar-refractivity contribution in [2.24, 2.45) is 0 Å². The SMILES string of the molecule is CCO[c-]1ccc(O[Si](C)(C)C)c1.CCO[c-]1ccc(O[Si](C)(C)C)c1.C[Si](C)=[Zr+2].[Cl-].[Cl-]. The van der Waals surface area contributed by atoms with Gasteiger partial charge in [-0.15, -0.1) is 24.3 Å². The van der Waals surface area contributed by atoms with Gasteiger partial charge in [-0.2, -0.15) is 12.1 Å². The fourth-order valence-corrected chi connectivity index (χ4v) is 3.82. The van der Waals surface area contributed by atoms with Crippen LogP contribution in [0.3, 0.4) is 0 Å². The molecule has 0 heterocycles. The fourth-order valence-electron chi connectivity index (χ4n) is 2.15. The van der Waals surface area contributed by atoms with Crippen LogP contribution in [0.1, 0.15) is 13.8 Å². The molecule has 0 spiro atoms. The van der Waals surface area contributed by atoms with Gasteiger partial charge in [0.25, 0.3) is 0 Å². The zero-order valence-corrected chi connectivity index (χ0v) is 28.2. The van der Waals surface area contributed by atoms with E-state index in [1.54, 1.807) is 23.3 Å². The molecule has 2 aromatic rings. The van der Waals surface area contributed by atoms with Crippen LogP contribution < -0.4 is 43.1 Å². The molecule has 32 heavy (non-hydrogen) atoms. The number of hydrogen-bond donors (Lipinski definition) is 0. The third-order valence-electron chi connectivity index (χ3n) is 2.86. The summed E-state index contributed by atoms with van der Waals surface area (Å²) in [6, 6.07) is 11.7. The summed E-state index contributed by atoms with van der Waals surface area (Å²) < 4.78 is 22.2. The van der Waals surface area contributed by atoms with Crippen LogP contribution in [0, 0.1) is 0 Å². The Morgan fingerprint density at radius 1 is 0.750 bits per heavy atom. The first-order valence-electron chi connectivity index (χ1n) is 10.4. The largest absolute Gasteiger partial charge is 1.00 e. The van der Waals surface area contributed by atoms with Gasteiger partial charge in [-0.25, -0.2) is 0 Å². The molecule has 0 atom stereocenters. The average Bonchev–Trinajstić information content (AvgIpc) is 3.15. The second-order valence-corrected chi connectivity index (χ2v) is 27.1. The smallest absolute Gasteiger partial charge is 1.00 e. The molecule has 10 heteroatoms. The van der Waals surface area contributed by atoms with Crippen LogP contribution >= 0.6 is 0 Å². The van der Waals surface area contributed by atoms with E-state index in [0.29, 0.717) is 13.2 Å². The van der Waals surface area contributed by atoms with Crippen molar-refractivity contribution in [2.45, 2.75) is 66.2 Å². The summed E-state index contributed by atoms with van der Waals surface area (Å²) in [5.74, 6) is 3.66. The van der Waals surface area contributed by atoms with Gasteiger partial charge in [0.1, 0.15) is 0 Å². The van der Waals surface area contributed by atoms with Crippen LogP contribution in [0.25, 0.3) is 0 Å².